The van der Waals surface area contributed by atoms with E-state index in [0.29, 0.717) is 17.1 Å². The maximum absolute atomic E-state index is 12.4. The van der Waals surface area contributed by atoms with Crippen LogP contribution in [0.5, 0.6) is 0 Å². The Morgan fingerprint density at radius 1 is 1.21 bits per heavy atom. The molecule has 0 saturated carbocycles. The minimum atomic E-state index is -0.966. The van der Waals surface area contributed by atoms with Gasteiger partial charge in [0.1, 0.15) is 17.3 Å². The Balaban J connectivity index is 1.45. The maximum atomic E-state index is 12.4. The van der Waals surface area contributed by atoms with E-state index in [2.05, 4.69) is 26.0 Å². The summed E-state index contributed by atoms with van der Waals surface area (Å²) in [6, 6.07) is 11.1. The highest BCUT2D eigenvalue weighted by Crippen LogP contribution is 2.28. The Labute approximate surface area is 162 Å². The monoisotopic (exact) mass is 390 g/mol. The molecule has 4 aromatic rings. The lowest BCUT2D eigenvalue weighted by Crippen LogP contribution is -2.56. The number of benzene rings is 1. The molecule has 10 heteroatoms. The maximum Gasteiger partial charge on any atom is 0.322 e. The summed E-state index contributed by atoms with van der Waals surface area (Å²) < 4.78 is 7.44. The number of imide groups is 1. The van der Waals surface area contributed by atoms with E-state index < -0.39 is 23.9 Å². The summed E-state index contributed by atoms with van der Waals surface area (Å²) in [6.45, 7) is 0. The first kappa shape index (κ1) is 16.9. The minimum Gasteiger partial charge on any atom is -0.454 e. The third kappa shape index (κ3) is 3.06. The summed E-state index contributed by atoms with van der Waals surface area (Å²) in [5.41, 5.74) is 1.94. The molecule has 0 spiro atoms. The Kier molecular flexibility index (Phi) is 3.76. The van der Waals surface area contributed by atoms with Crippen LogP contribution in [0.4, 0.5) is 10.6 Å². The Morgan fingerprint density at radius 2 is 2.07 bits per heavy atom. The Morgan fingerprint density at radius 3 is 2.90 bits per heavy atom. The van der Waals surface area contributed by atoms with Crippen LogP contribution in [-0.4, -0.2) is 38.5 Å². The predicted octanol–water partition coefficient (Wildman–Crippen LogP) is 1.68. The molecule has 10 nitrogen and oxygen atoms in total. The highest BCUT2D eigenvalue weighted by atomic mass is 16.3. The average molecular weight is 390 g/mol. The molecule has 1 aromatic carbocycles. The molecule has 0 bridgehead atoms. The zero-order valence-corrected chi connectivity index (χ0v) is 14.9. The fourth-order valence-electron chi connectivity index (χ4n) is 3.20. The van der Waals surface area contributed by atoms with Gasteiger partial charge in [0.15, 0.2) is 17.2 Å². The molecule has 4 amide bonds. The fourth-order valence-corrected chi connectivity index (χ4v) is 3.20. The van der Waals surface area contributed by atoms with E-state index in [1.807, 2.05) is 30.3 Å². The SMILES string of the molecule is O=C1CC(C(=O)Nc2ccc3ncc(-c4cc5ccccc5o4)n3n2)NC(=O)N1. The zero-order valence-electron chi connectivity index (χ0n) is 14.9. The second-order valence-electron chi connectivity index (χ2n) is 6.55. The molecule has 1 aliphatic rings. The van der Waals surface area contributed by atoms with E-state index in [9.17, 15) is 14.4 Å². The molecule has 0 aliphatic carbocycles. The highest BCUT2D eigenvalue weighted by molar-refractivity contribution is 6.05. The summed E-state index contributed by atoms with van der Waals surface area (Å²) >= 11 is 0. The van der Waals surface area contributed by atoms with Gasteiger partial charge < -0.3 is 15.1 Å². The number of fused-ring (bicyclic) bond motifs is 2. The van der Waals surface area contributed by atoms with E-state index >= 15 is 0 Å². The van der Waals surface area contributed by atoms with E-state index in [-0.39, 0.29) is 12.2 Å². The molecule has 0 radical (unpaired) electrons. The molecule has 1 atom stereocenters. The van der Waals surface area contributed by atoms with Gasteiger partial charge in [-0.25, -0.2) is 14.3 Å². The zero-order chi connectivity index (χ0) is 20.0. The second kappa shape index (κ2) is 6.44. The smallest absolute Gasteiger partial charge is 0.322 e. The number of carbonyl (C=O) groups excluding carboxylic acids is 3. The fraction of sp³-hybridized carbons (Fsp3) is 0.105. The number of urea groups is 1. The van der Waals surface area contributed by atoms with E-state index in [1.54, 1.807) is 22.8 Å². The van der Waals surface area contributed by atoms with E-state index in [1.165, 1.54) is 0 Å². The van der Waals surface area contributed by atoms with Crippen molar-refractivity contribution in [3.05, 3.63) is 48.7 Å². The van der Waals surface area contributed by atoms with Crippen molar-refractivity contribution in [2.45, 2.75) is 12.5 Å². The molecule has 1 fully saturated rings. The van der Waals surface area contributed by atoms with Crippen molar-refractivity contribution in [2.24, 2.45) is 0 Å². The van der Waals surface area contributed by atoms with Crippen molar-refractivity contribution < 1.29 is 18.8 Å². The number of aromatic nitrogens is 3. The van der Waals surface area contributed by atoms with Crippen LogP contribution in [0.3, 0.4) is 0 Å². The van der Waals surface area contributed by atoms with Crippen LogP contribution in [0.1, 0.15) is 6.42 Å². The number of amides is 4. The first-order valence-electron chi connectivity index (χ1n) is 8.82. The lowest BCUT2D eigenvalue weighted by molar-refractivity contribution is -0.126. The van der Waals surface area contributed by atoms with Crippen molar-refractivity contribution in [3.8, 4) is 11.5 Å². The van der Waals surface area contributed by atoms with Crippen molar-refractivity contribution in [1.82, 2.24) is 25.2 Å². The van der Waals surface area contributed by atoms with Crippen molar-refractivity contribution in [3.63, 3.8) is 0 Å². The Bertz CT molecular complexity index is 1240. The molecule has 1 saturated heterocycles. The van der Waals surface area contributed by atoms with Gasteiger partial charge in [-0.2, -0.15) is 0 Å². The van der Waals surface area contributed by atoms with E-state index in [4.69, 9.17) is 4.42 Å². The predicted molar refractivity (Wildman–Crippen MR) is 102 cm³/mol. The lowest BCUT2D eigenvalue weighted by atomic mass is 10.1. The summed E-state index contributed by atoms with van der Waals surface area (Å²) in [5.74, 6) is -0.214. The first-order valence-corrected chi connectivity index (χ1v) is 8.82. The number of anilines is 1. The lowest BCUT2D eigenvalue weighted by Gasteiger charge is -2.21. The number of nitrogens with zero attached hydrogens (tertiary/aromatic N) is 3. The van der Waals surface area contributed by atoms with Crippen molar-refractivity contribution in [1.29, 1.82) is 0 Å². The van der Waals surface area contributed by atoms with E-state index in [0.717, 1.165) is 11.0 Å². The van der Waals surface area contributed by atoms with Gasteiger partial charge in [0.25, 0.3) is 0 Å². The van der Waals surface area contributed by atoms with Crippen LogP contribution in [-0.2, 0) is 9.59 Å². The number of para-hydroxylation sites is 1. The summed E-state index contributed by atoms with van der Waals surface area (Å²) in [7, 11) is 0. The van der Waals surface area contributed by atoms with Crippen molar-refractivity contribution >= 4 is 40.3 Å². The highest BCUT2D eigenvalue weighted by Gasteiger charge is 2.29. The number of nitrogens with one attached hydrogen (secondary N) is 3. The van der Waals surface area contributed by atoms with Gasteiger partial charge in [-0.3, -0.25) is 14.9 Å². The molecule has 3 aromatic heterocycles. The topological polar surface area (TPSA) is 131 Å². The van der Waals surface area contributed by atoms with Crippen LogP contribution in [0.15, 0.2) is 53.1 Å². The summed E-state index contributed by atoms with van der Waals surface area (Å²) in [5, 5.41) is 12.5. The average Bonchev–Trinajstić information content (AvgIpc) is 3.30. The van der Waals surface area contributed by atoms with Gasteiger partial charge >= 0.3 is 6.03 Å². The molecule has 144 valence electrons. The van der Waals surface area contributed by atoms with Gasteiger partial charge in [-0.1, -0.05) is 18.2 Å². The number of furan rings is 1. The molecule has 1 aliphatic heterocycles. The third-order valence-electron chi connectivity index (χ3n) is 4.56. The molecule has 29 heavy (non-hydrogen) atoms. The molecule has 3 N–H and O–H groups in total. The van der Waals surface area contributed by atoms with Crippen LogP contribution < -0.4 is 16.0 Å². The van der Waals surface area contributed by atoms with Crippen LogP contribution in [0.2, 0.25) is 0 Å². The Hall–Kier alpha value is -4.21. The summed E-state index contributed by atoms with van der Waals surface area (Å²) in [4.78, 5) is 39.6. The number of hydrogen-bond acceptors (Lipinski definition) is 6. The van der Waals surface area contributed by atoms with Gasteiger partial charge in [0, 0.05) is 5.39 Å². The van der Waals surface area contributed by atoms with Crippen molar-refractivity contribution in [2.75, 3.05) is 5.32 Å². The number of imidazole rings is 1. The molecule has 1 unspecified atom stereocenters. The number of rotatable bonds is 3. The summed E-state index contributed by atoms with van der Waals surface area (Å²) in [6.07, 6.45) is 1.49. The quantitative estimate of drug-likeness (QED) is 0.488. The first-order chi connectivity index (χ1) is 14.1. The van der Waals surface area contributed by atoms with Crippen LogP contribution in [0.25, 0.3) is 28.1 Å². The van der Waals surface area contributed by atoms with Gasteiger partial charge in [-0.05, 0) is 24.3 Å². The molecular formula is C19H14N6O4. The van der Waals surface area contributed by atoms with Crippen LogP contribution >= 0.6 is 0 Å². The molecular weight excluding hydrogens is 376 g/mol. The largest absolute Gasteiger partial charge is 0.454 e. The minimum absolute atomic E-state index is 0.144. The third-order valence-corrected chi connectivity index (χ3v) is 4.56. The standard InChI is InChI=1S/C19H14N6O4/c26-17-8-11(21-19(28)23-17)18(27)22-15-5-6-16-20-9-12(25(16)24-15)14-7-10-3-1-2-4-13(10)29-14/h1-7,9,11H,8H2,(H,22,24,27)(H2,21,23,26,28). The molecule has 4 heterocycles. The molecule has 5 rings (SSSR count). The van der Waals surface area contributed by atoms with Gasteiger partial charge in [0.05, 0.1) is 12.6 Å². The normalized spacial score (nSPS) is 16.6. The number of carbonyl (C=O) groups is 3. The van der Waals surface area contributed by atoms with Crippen LogP contribution in [0, 0.1) is 0 Å². The number of hydrogen-bond donors (Lipinski definition) is 3. The second-order valence-corrected chi connectivity index (χ2v) is 6.55. The van der Waals surface area contributed by atoms with Gasteiger partial charge in [-0.15, -0.1) is 5.10 Å². The van der Waals surface area contributed by atoms with Gasteiger partial charge in [0.2, 0.25) is 11.8 Å².